The summed E-state index contributed by atoms with van der Waals surface area (Å²) in [5.41, 5.74) is 0.198. The fourth-order valence-corrected chi connectivity index (χ4v) is 3.49. The molecule has 25 heavy (non-hydrogen) atoms. The lowest BCUT2D eigenvalue weighted by Gasteiger charge is -2.12. The fraction of sp³-hybridized carbons (Fsp3) is 0.467. The monoisotopic (exact) mass is 369 g/mol. The van der Waals surface area contributed by atoms with Gasteiger partial charge in [-0.3, -0.25) is 4.79 Å². The molecular formula is C15H17F2N5O2S. The Balaban J connectivity index is 1.58. The number of carbonyl (C=O) groups is 1. The second kappa shape index (κ2) is 8.24. The number of tetrazole rings is 1. The van der Waals surface area contributed by atoms with Gasteiger partial charge in [-0.2, -0.15) is 8.78 Å². The Morgan fingerprint density at radius 1 is 1.36 bits per heavy atom. The maximum absolute atomic E-state index is 12.4. The number of ether oxygens (including phenoxy) is 1. The highest BCUT2D eigenvalue weighted by Crippen LogP contribution is 2.31. The Bertz CT molecular complexity index is 721. The lowest BCUT2D eigenvalue weighted by molar-refractivity contribution is -0.113. The molecule has 7 nitrogen and oxygen atoms in total. The van der Waals surface area contributed by atoms with Crippen molar-refractivity contribution in [2.45, 2.75) is 43.5 Å². The number of benzene rings is 1. The van der Waals surface area contributed by atoms with Crippen LogP contribution in [0.15, 0.2) is 29.4 Å². The van der Waals surface area contributed by atoms with Crippen LogP contribution < -0.4 is 10.1 Å². The summed E-state index contributed by atoms with van der Waals surface area (Å²) in [5.74, 6) is -0.362. The molecule has 1 N–H and O–H groups in total. The summed E-state index contributed by atoms with van der Waals surface area (Å²) >= 11 is 1.21. The van der Waals surface area contributed by atoms with Gasteiger partial charge in [0.2, 0.25) is 11.1 Å². The van der Waals surface area contributed by atoms with Crippen molar-refractivity contribution in [2.75, 3.05) is 11.1 Å². The number of alkyl halides is 2. The number of carbonyl (C=O) groups excluding carboxylic acids is 1. The molecular weight excluding hydrogens is 352 g/mol. The van der Waals surface area contributed by atoms with Gasteiger partial charge in [0.25, 0.3) is 0 Å². The van der Waals surface area contributed by atoms with Crippen LogP contribution in [-0.2, 0) is 4.79 Å². The lowest BCUT2D eigenvalue weighted by Crippen LogP contribution is -2.16. The van der Waals surface area contributed by atoms with Crippen LogP contribution in [-0.4, -0.2) is 38.5 Å². The maximum atomic E-state index is 12.4. The number of anilines is 1. The van der Waals surface area contributed by atoms with Crippen molar-refractivity contribution in [3.05, 3.63) is 24.3 Å². The van der Waals surface area contributed by atoms with Crippen LogP contribution >= 0.6 is 11.8 Å². The highest BCUT2D eigenvalue weighted by atomic mass is 32.2. The van der Waals surface area contributed by atoms with E-state index in [4.69, 9.17) is 0 Å². The number of hydrogen-bond donors (Lipinski definition) is 1. The molecule has 0 spiro atoms. The summed E-state index contributed by atoms with van der Waals surface area (Å²) in [6, 6.07) is 6.33. The van der Waals surface area contributed by atoms with E-state index in [0.717, 1.165) is 25.7 Å². The van der Waals surface area contributed by atoms with E-state index in [1.54, 1.807) is 16.8 Å². The summed E-state index contributed by atoms with van der Waals surface area (Å²) in [6.07, 6.45) is 4.36. The van der Waals surface area contributed by atoms with Gasteiger partial charge in [0.1, 0.15) is 5.75 Å². The number of nitrogens with one attached hydrogen (secondary N) is 1. The number of amides is 1. The molecule has 0 aliphatic heterocycles. The minimum absolute atomic E-state index is 0.0656. The van der Waals surface area contributed by atoms with Gasteiger partial charge >= 0.3 is 6.61 Å². The standard InChI is InChI=1S/C15H17F2N5O2S/c16-14(17)24-12-8-4-3-7-11(12)18-13(23)9-25-15-19-20-21-22(15)10-5-1-2-6-10/h3-4,7-8,10,14H,1-2,5-6,9H2,(H,18,23). The molecule has 3 rings (SSSR count). The molecule has 0 saturated heterocycles. The van der Waals surface area contributed by atoms with Crippen molar-refractivity contribution in [3.8, 4) is 5.75 Å². The second-order valence-corrected chi connectivity index (χ2v) is 6.50. The molecule has 1 aliphatic rings. The normalized spacial score (nSPS) is 14.8. The zero-order valence-corrected chi connectivity index (χ0v) is 14.1. The molecule has 1 aromatic carbocycles. The number of rotatable bonds is 7. The van der Waals surface area contributed by atoms with E-state index < -0.39 is 6.61 Å². The largest absolute Gasteiger partial charge is 0.433 e. The van der Waals surface area contributed by atoms with E-state index in [1.165, 1.54) is 23.9 Å². The Labute approximate surface area is 147 Å². The summed E-state index contributed by atoms with van der Waals surface area (Å²) in [4.78, 5) is 12.1. The van der Waals surface area contributed by atoms with Gasteiger partial charge in [-0.1, -0.05) is 36.7 Å². The Morgan fingerprint density at radius 3 is 2.88 bits per heavy atom. The van der Waals surface area contributed by atoms with Crippen LogP contribution in [0, 0.1) is 0 Å². The van der Waals surface area contributed by atoms with Crippen LogP contribution in [0.5, 0.6) is 5.75 Å². The maximum Gasteiger partial charge on any atom is 0.387 e. The van der Waals surface area contributed by atoms with Crippen LogP contribution in [0.2, 0.25) is 0 Å². The van der Waals surface area contributed by atoms with Gasteiger partial charge in [-0.25, -0.2) is 4.68 Å². The van der Waals surface area contributed by atoms with Gasteiger partial charge in [0.15, 0.2) is 0 Å². The van der Waals surface area contributed by atoms with Crippen molar-refractivity contribution in [2.24, 2.45) is 0 Å². The van der Waals surface area contributed by atoms with Gasteiger partial charge in [-0.05, 0) is 35.4 Å². The summed E-state index contributed by atoms with van der Waals surface area (Å²) < 4.78 is 31.0. The third kappa shape index (κ3) is 4.65. The van der Waals surface area contributed by atoms with Crippen LogP contribution in [0.1, 0.15) is 31.7 Å². The van der Waals surface area contributed by atoms with Crippen molar-refractivity contribution >= 4 is 23.4 Å². The second-order valence-electron chi connectivity index (χ2n) is 5.56. The number of thioether (sulfide) groups is 1. The zero-order valence-electron chi connectivity index (χ0n) is 13.3. The van der Waals surface area contributed by atoms with E-state index in [0.29, 0.717) is 5.16 Å². The first-order valence-electron chi connectivity index (χ1n) is 7.88. The minimum atomic E-state index is -2.96. The average molecular weight is 369 g/mol. The molecule has 2 aromatic rings. The van der Waals surface area contributed by atoms with E-state index in [2.05, 4.69) is 25.6 Å². The van der Waals surface area contributed by atoms with Gasteiger partial charge in [-0.15, -0.1) is 5.10 Å². The number of nitrogens with zero attached hydrogens (tertiary/aromatic N) is 4. The van der Waals surface area contributed by atoms with Crippen molar-refractivity contribution < 1.29 is 18.3 Å². The highest BCUT2D eigenvalue weighted by Gasteiger charge is 2.22. The number of hydrogen-bond acceptors (Lipinski definition) is 6. The third-order valence-corrected chi connectivity index (χ3v) is 4.78. The minimum Gasteiger partial charge on any atom is -0.433 e. The summed E-state index contributed by atoms with van der Waals surface area (Å²) in [7, 11) is 0. The molecule has 10 heteroatoms. The van der Waals surface area contributed by atoms with E-state index in [1.807, 2.05) is 0 Å². The number of aromatic nitrogens is 4. The fourth-order valence-electron chi connectivity index (χ4n) is 2.74. The van der Waals surface area contributed by atoms with Crippen LogP contribution in [0.4, 0.5) is 14.5 Å². The van der Waals surface area contributed by atoms with Crippen molar-refractivity contribution in [3.63, 3.8) is 0 Å². The first-order chi connectivity index (χ1) is 12.1. The van der Waals surface area contributed by atoms with Gasteiger partial charge < -0.3 is 10.1 Å². The molecule has 1 fully saturated rings. The Morgan fingerprint density at radius 2 is 2.12 bits per heavy atom. The first kappa shape index (κ1) is 17.6. The molecule has 1 aromatic heterocycles. The Hall–Kier alpha value is -2.23. The van der Waals surface area contributed by atoms with Crippen molar-refractivity contribution in [1.82, 2.24) is 20.2 Å². The summed E-state index contributed by atoms with van der Waals surface area (Å²) in [5, 5.41) is 14.8. The Kier molecular flexibility index (Phi) is 5.79. The van der Waals surface area contributed by atoms with Crippen LogP contribution in [0.25, 0.3) is 0 Å². The molecule has 1 amide bonds. The zero-order chi connectivity index (χ0) is 17.6. The van der Waals surface area contributed by atoms with Crippen molar-refractivity contribution in [1.29, 1.82) is 0 Å². The third-order valence-electron chi connectivity index (χ3n) is 3.84. The molecule has 0 unspecified atom stereocenters. The number of para-hydroxylation sites is 2. The quantitative estimate of drug-likeness (QED) is 0.755. The highest BCUT2D eigenvalue weighted by molar-refractivity contribution is 7.99. The smallest absolute Gasteiger partial charge is 0.387 e. The molecule has 134 valence electrons. The predicted molar refractivity (Wildman–Crippen MR) is 87.7 cm³/mol. The SMILES string of the molecule is O=C(CSc1nnnn1C1CCCC1)Nc1ccccc1OC(F)F. The summed E-state index contributed by atoms with van der Waals surface area (Å²) in [6.45, 7) is -2.96. The van der Waals surface area contributed by atoms with E-state index in [9.17, 15) is 13.6 Å². The average Bonchev–Trinajstić information content (AvgIpc) is 3.25. The first-order valence-corrected chi connectivity index (χ1v) is 8.86. The topological polar surface area (TPSA) is 81.9 Å². The van der Waals surface area contributed by atoms with Gasteiger partial charge in [0.05, 0.1) is 17.5 Å². The molecule has 0 bridgehead atoms. The van der Waals surface area contributed by atoms with E-state index in [-0.39, 0.29) is 29.1 Å². The molecule has 1 aliphatic carbocycles. The van der Waals surface area contributed by atoms with Crippen LogP contribution in [0.3, 0.4) is 0 Å². The molecule has 0 radical (unpaired) electrons. The van der Waals surface area contributed by atoms with E-state index >= 15 is 0 Å². The van der Waals surface area contributed by atoms with Gasteiger partial charge in [0, 0.05) is 0 Å². The molecule has 0 atom stereocenters. The molecule has 1 saturated carbocycles. The molecule has 1 heterocycles. The lowest BCUT2D eigenvalue weighted by atomic mass is 10.3. The number of halogens is 2. The predicted octanol–water partition coefficient (Wildman–Crippen LogP) is 3.12.